The molecular weight excluding hydrogens is 1290 g/mol. The minimum Gasteiger partial charge on any atom is -0.462 e. The number of unbranched alkanes of at least 4 members (excludes halogenated alkanes) is 52. The van der Waals surface area contributed by atoms with E-state index in [-0.39, 0.29) is 25.7 Å². The number of phosphoric ester groups is 2. The van der Waals surface area contributed by atoms with E-state index in [9.17, 15) is 43.2 Å². The molecule has 19 heteroatoms. The number of rotatable bonds is 80. The number of ether oxygens (including phenoxy) is 4. The summed E-state index contributed by atoms with van der Waals surface area (Å²) in [6, 6.07) is 0. The van der Waals surface area contributed by atoms with Crippen LogP contribution in [0.2, 0.25) is 0 Å². The van der Waals surface area contributed by atoms with Crippen molar-refractivity contribution in [1.82, 2.24) is 0 Å². The van der Waals surface area contributed by atoms with E-state index in [1.807, 2.05) is 0 Å². The van der Waals surface area contributed by atoms with Gasteiger partial charge in [-0.05, 0) is 31.6 Å². The molecule has 0 saturated carbocycles. The third-order valence-corrected chi connectivity index (χ3v) is 20.7. The van der Waals surface area contributed by atoms with Gasteiger partial charge in [-0.15, -0.1) is 0 Å². The monoisotopic (exact) mass is 1450 g/mol. The van der Waals surface area contributed by atoms with Crippen LogP contribution in [0, 0.1) is 5.92 Å². The van der Waals surface area contributed by atoms with Gasteiger partial charge in [-0.2, -0.15) is 0 Å². The zero-order valence-corrected chi connectivity index (χ0v) is 66.4. The first-order valence-corrected chi connectivity index (χ1v) is 44.6. The predicted octanol–water partition coefficient (Wildman–Crippen LogP) is 24.0. The number of aliphatic hydroxyl groups is 1. The van der Waals surface area contributed by atoms with Crippen molar-refractivity contribution < 1.29 is 80.2 Å². The van der Waals surface area contributed by atoms with Crippen LogP contribution in [0.15, 0.2) is 0 Å². The van der Waals surface area contributed by atoms with Crippen molar-refractivity contribution in [2.75, 3.05) is 39.6 Å². The van der Waals surface area contributed by atoms with Crippen molar-refractivity contribution in [3.63, 3.8) is 0 Å². The highest BCUT2D eigenvalue weighted by Gasteiger charge is 2.30. The number of hydrogen-bond donors (Lipinski definition) is 3. The van der Waals surface area contributed by atoms with Crippen molar-refractivity contribution in [3.8, 4) is 0 Å². The van der Waals surface area contributed by atoms with E-state index in [2.05, 4.69) is 34.6 Å². The minimum absolute atomic E-state index is 0.107. The molecule has 0 rings (SSSR count). The molecule has 0 spiro atoms. The Morgan fingerprint density at radius 3 is 0.687 bits per heavy atom. The summed E-state index contributed by atoms with van der Waals surface area (Å²) >= 11 is 0. The van der Waals surface area contributed by atoms with Crippen LogP contribution in [0.3, 0.4) is 0 Å². The lowest BCUT2D eigenvalue weighted by Gasteiger charge is -2.21. The first-order valence-electron chi connectivity index (χ1n) is 41.6. The Hall–Kier alpha value is -1.94. The Morgan fingerprint density at radius 2 is 0.465 bits per heavy atom. The maximum atomic E-state index is 13.1. The van der Waals surface area contributed by atoms with Crippen molar-refractivity contribution in [1.29, 1.82) is 0 Å². The average molecular weight is 1450 g/mol. The quantitative estimate of drug-likeness (QED) is 0.0222. The topological polar surface area (TPSA) is 237 Å². The fourth-order valence-corrected chi connectivity index (χ4v) is 14.0. The fourth-order valence-electron chi connectivity index (χ4n) is 12.4. The molecule has 3 N–H and O–H groups in total. The highest BCUT2D eigenvalue weighted by Crippen LogP contribution is 2.45. The van der Waals surface area contributed by atoms with Crippen molar-refractivity contribution >= 4 is 39.5 Å². The van der Waals surface area contributed by atoms with Crippen LogP contribution < -0.4 is 0 Å². The molecule has 0 aromatic rings. The summed E-state index contributed by atoms with van der Waals surface area (Å²) in [5.74, 6) is -1.33. The summed E-state index contributed by atoms with van der Waals surface area (Å²) in [7, 11) is -9.91. The molecule has 0 aliphatic heterocycles. The van der Waals surface area contributed by atoms with Crippen LogP contribution in [-0.4, -0.2) is 96.7 Å². The van der Waals surface area contributed by atoms with Gasteiger partial charge in [-0.3, -0.25) is 37.3 Å². The molecule has 0 aromatic heterocycles. The van der Waals surface area contributed by atoms with Gasteiger partial charge in [0.2, 0.25) is 0 Å². The van der Waals surface area contributed by atoms with Gasteiger partial charge in [0.15, 0.2) is 12.2 Å². The second-order valence-electron chi connectivity index (χ2n) is 29.3. The van der Waals surface area contributed by atoms with Crippen LogP contribution in [0.1, 0.15) is 426 Å². The Morgan fingerprint density at radius 1 is 0.273 bits per heavy atom. The van der Waals surface area contributed by atoms with E-state index in [1.54, 1.807) is 0 Å². The maximum absolute atomic E-state index is 13.1. The third-order valence-electron chi connectivity index (χ3n) is 18.8. The summed E-state index contributed by atoms with van der Waals surface area (Å²) in [5.41, 5.74) is 0. The van der Waals surface area contributed by atoms with Gasteiger partial charge in [0, 0.05) is 25.7 Å². The summed E-state index contributed by atoms with van der Waals surface area (Å²) in [6.45, 7) is 7.31. The lowest BCUT2D eigenvalue weighted by Crippen LogP contribution is -2.30. The molecule has 2 unspecified atom stereocenters. The molecule has 0 aliphatic rings. The van der Waals surface area contributed by atoms with Gasteiger partial charge in [-0.1, -0.05) is 375 Å². The Kier molecular flexibility index (Phi) is 71.6. The van der Waals surface area contributed by atoms with Gasteiger partial charge in [-0.25, -0.2) is 9.13 Å². The molecular formula is C80H156O17P2. The second kappa shape index (κ2) is 73.0. The van der Waals surface area contributed by atoms with E-state index < -0.39 is 97.5 Å². The van der Waals surface area contributed by atoms with Crippen molar-refractivity contribution in [2.45, 2.75) is 445 Å². The molecule has 0 aliphatic carbocycles. The molecule has 0 bridgehead atoms. The van der Waals surface area contributed by atoms with E-state index in [4.69, 9.17) is 37.0 Å². The number of hydrogen-bond acceptors (Lipinski definition) is 15. The summed E-state index contributed by atoms with van der Waals surface area (Å²) in [4.78, 5) is 72.9. The normalized spacial score (nSPS) is 13.9. The van der Waals surface area contributed by atoms with Crippen LogP contribution in [0.4, 0.5) is 0 Å². The highest BCUT2D eigenvalue weighted by atomic mass is 31.2. The summed E-state index contributed by atoms with van der Waals surface area (Å²) < 4.78 is 68.6. The Balaban J connectivity index is 5.20. The maximum Gasteiger partial charge on any atom is 0.472 e. The van der Waals surface area contributed by atoms with Crippen LogP contribution in [0.5, 0.6) is 0 Å². The Bertz CT molecular complexity index is 1890. The third kappa shape index (κ3) is 74.1. The smallest absolute Gasteiger partial charge is 0.462 e. The van der Waals surface area contributed by atoms with Crippen molar-refractivity contribution in [2.24, 2.45) is 5.92 Å². The minimum atomic E-state index is -4.96. The van der Waals surface area contributed by atoms with Crippen LogP contribution in [-0.2, 0) is 65.4 Å². The van der Waals surface area contributed by atoms with Gasteiger partial charge >= 0.3 is 39.5 Å². The zero-order chi connectivity index (χ0) is 72.7. The van der Waals surface area contributed by atoms with Gasteiger partial charge in [0.05, 0.1) is 26.4 Å². The lowest BCUT2D eigenvalue weighted by atomic mass is 10.0. The molecule has 0 heterocycles. The first-order chi connectivity index (χ1) is 48.0. The SMILES string of the molecule is CCCCCCCCCCCCCCCCCCCCC(=O)OC[C@H](COP(=O)(O)OC[C@@H](O)COP(=O)(O)OC[C@@H](COC(=O)CCCCCCCCCC)OC(=O)CCCCCCCCCCCCCCC(C)C)OC(=O)CCCCCCCCCCCCCCCCCCCC. The molecule has 0 fully saturated rings. The number of esters is 4. The molecule has 588 valence electrons. The molecule has 0 aromatic carbocycles. The predicted molar refractivity (Wildman–Crippen MR) is 405 cm³/mol. The average Bonchev–Trinajstić information content (AvgIpc) is 1.07. The van der Waals surface area contributed by atoms with E-state index in [0.717, 1.165) is 102 Å². The van der Waals surface area contributed by atoms with Crippen LogP contribution >= 0.6 is 15.6 Å². The largest absolute Gasteiger partial charge is 0.472 e. The standard InChI is InChI=1S/C80H156O17P2/c1-6-9-12-15-18-21-23-25-27-29-31-33-35-40-44-49-54-59-64-78(83)91-70-76(97-79(84)65-60-55-50-45-41-36-34-32-30-28-26-24-22-19-16-13-10-7-2)72-95-99(88,89)93-68-74(81)67-92-98(86,87)94-71-75(69-90-77(82)63-58-53-48-20-17-14-11-8-3)96-80(85)66-61-56-51-46-42-38-37-39-43-47-52-57-62-73(4)5/h73-76,81H,6-72H2,1-5H3,(H,86,87)(H,88,89)/t74-,75+,76+/m0/s1. The Labute approximate surface area is 607 Å². The van der Waals surface area contributed by atoms with Gasteiger partial charge in [0.1, 0.15) is 19.3 Å². The molecule has 0 radical (unpaired) electrons. The van der Waals surface area contributed by atoms with Crippen LogP contribution in [0.25, 0.3) is 0 Å². The van der Waals surface area contributed by atoms with Crippen molar-refractivity contribution in [3.05, 3.63) is 0 Å². The summed E-state index contributed by atoms with van der Waals surface area (Å²) in [5, 5.41) is 10.6. The van der Waals surface area contributed by atoms with E-state index >= 15 is 0 Å². The summed E-state index contributed by atoms with van der Waals surface area (Å²) in [6.07, 6.45) is 63.9. The number of aliphatic hydroxyl groups excluding tert-OH is 1. The number of phosphoric acid groups is 2. The lowest BCUT2D eigenvalue weighted by molar-refractivity contribution is -0.161. The number of carbonyl (C=O) groups is 4. The zero-order valence-electron chi connectivity index (χ0n) is 64.6. The molecule has 17 nitrogen and oxygen atoms in total. The molecule has 99 heavy (non-hydrogen) atoms. The molecule has 5 atom stereocenters. The van der Waals surface area contributed by atoms with E-state index in [1.165, 1.54) is 244 Å². The molecule has 0 saturated heterocycles. The van der Waals surface area contributed by atoms with E-state index in [0.29, 0.717) is 25.7 Å². The number of carbonyl (C=O) groups excluding carboxylic acids is 4. The van der Waals surface area contributed by atoms with Gasteiger partial charge < -0.3 is 33.8 Å². The first kappa shape index (κ1) is 97.1. The molecule has 0 amide bonds. The second-order valence-corrected chi connectivity index (χ2v) is 32.2. The highest BCUT2D eigenvalue weighted by molar-refractivity contribution is 7.47. The fraction of sp³-hybridized carbons (Fsp3) is 0.950. The van der Waals surface area contributed by atoms with Gasteiger partial charge in [0.25, 0.3) is 0 Å².